The van der Waals surface area contributed by atoms with Crippen LogP contribution in [0.2, 0.25) is 0 Å². The fraction of sp³-hybridized carbons (Fsp3) is 0.654. The highest BCUT2D eigenvalue weighted by molar-refractivity contribution is 8.01. The molecule has 1 aliphatic carbocycles. The largest absolute Gasteiger partial charge is 0.444 e. The minimum atomic E-state index is -4.78. The van der Waals surface area contributed by atoms with Crippen LogP contribution in [-0.2, 0) is 15.7 Å². The number of hydrogen-bond donors (Lipinski definition) is 2. The van der Waals surface area contributed by atoms with Gasteiger partial charge in [0.15, 0.2) is 0 Å². The molecule has 8 nitrogen and oxygen atoms in total. The summed E-state index contributed by atoms with van der Waals surface area (Å²) in [5, 5.41) is 2.69. The van der Waals surface area contributed by atoms with Crippen molar-refractivity contribution in [3.63, 3.8) is 0 Å². The molecule has 1 aromatic carbocycles. The van der Waals surface area contributed by atoms with Crippen molar-refractivity contribution in [1.82, 2.24) is 10.2 Å². The van der Waals surface area contributed by atoms with Crippen LogP contribution in [0.25, 0.3) is 0 Å². The predicted octanol–water partition coefficient (Wildman–Crippen LogP) is 4.54. The zero-order valence-corrected chi connectivity index (χ0v) is 22.8. The molecule has 2 aliphatic heterocycles. The van der Waals surface area contributed by atoms with Gasteiger partial charge in [0.1, 0.15) is 5.60 Å². The van der Waals surface area contributed by atoms with E-state index in [1.54, 1.807) is 20.8 Å². The Balaban J connectivity index is 1.63. The second kappa shape index (κ2) is 10.6. The number of nitrogens with zero attached hydrogens (tertiary/aromatic N) is 2. The second-order valence-electron chi connectivity index (χ2n) is 11.2. The summed E-state index contributed by atoms with van der Waals surface area (Å²) >= 11 is 1.18. The van der Waals surface area contributed by atoms with Crippen molar-refractivity contribution in [3.8, 4) is 0 Å². The molecular weight excluding hydrogens is 521 g/mol. The molecule has 2 fully saturated rings. The summed E-state index contributed by atoms with van der Waals surface area (Å²) < 4.78 is 47.3. The van der Waals surface area contributed by atoms with Gasteiger partial charge in [0.25, 0.3) is 5.91 Å². The van der Waals surface area contributed by atoms with E-state index in [1.165, 1.54) is 27.6 Å². The van der Waals surface area contributed by atoms with Crippen LogP contribution in [0.3, 0.4) is 0 Å². The van der Waals surface area contributed by atoms with Gasteiger partial charge >= 0.3 is 12.3 Å². The molecule has 0 unspecified atom stereocenters. The number of amides is 3. The molecule has 0 aromatic heterocycles. The number of halogens is 3. The maximum absolute atomic E-state index is 14.2. The summed E-state index contributed by atoms with van der Waals surface area (Å²) in [6, 6.07) is 1.63. The van der Waals surface area contributed by atoms with E-state index in [9.17, 15) is 27.6 Å². The normalized spacial score (nSPS) is 21.4. The van der Waals surface area contributed by atoms with Crippen molar-refractivity contribution in [2.75, 3.05) is 31.1 Å². The molecule has 1 aromatic rings. The molecule has 3 aliphatic rings. The third-order valence-electron chi connectivity index (χ3n) is 7.05. The molecule has 210 valence electrons. The van der Waals surface area contributed by atoms with Crippen LogP contribution in [0, 0.1) is 0 Å². The zero-order chi connectivity index (χ0) is 27.9. The number of rotatable bonds is 4. The minimum absolute atomic E-state index is 0.128. The maximum atomic E-state index is 14.2. The number of carbonyl (C=O) groups is 3. The highest BCUT2D eigenvalue weighted by atomic mass is 32.2. The fourth-order valence-corrected chi connectivity index (χ4v) is 6.92. The first-order valence-electron chi connectivity index (χ1n) is 13.0. The summed E-state index contributed by atoms with van der Waals surface area (Å²) in [6.07, 6.45) is -1.38. The van der Waals surface area contributed by atoms with Gasteiger partial charge in [-0.2, -0.15) is 13.2 Å². The van der Waals surface area contributed by atoms with Crippen LogP contribution in [0.15, 0.2) is 17.0 Å². The first-order chi connectivity index (χ1) is 17.7. The summed E-state index contributed by atoms with van der Waals surface area (Å²) in [6.45, 7) is 6.08. The number of thioether (sulfide) groups is 1. The molecule has 38 heavy (non-hydrogen) atoms. The smallest absolute Gasteiger partial charge is 0.417 e. The van der Waals surface area contributed by atoms with E-state index in [1.807, 2.05) is 0 Å². The number of alkyl halides is 3. The van der Waals surface area contributed by atoms with E-state index >= 15 is 0 Å². The summed E-state index contributed by atoms with van der Waals surface area (Å²) in [5.74, 6) is -1.06. The van der Waals surface area contributed by atoms with Crippen LogP contribution in [0.1, 0.15) is 75.2 Å². The molecule has 3 N–H and O–H groups in total. The Labute approximate surface area is 224 Å². The maximum Gasteiger partial charge on any atom is 0.417 e. The lowest BCUT2D eigenvalue weighted by molar-refractivity contribution is -0.138. The molecule has 2 heterocycles. The molecule has 0 radical (unpaired) electrons. The number of carbonyl (C=O) groups excluding carboxylic acids is 3. The van der Waals surface area contributed by atoms with Gasteiger partial charge in [0.05, 0.1) is 21.6 Å². The quantitative estimate of drug-likeness (QED) is 0.564. The number of hydrogen-bond acceptors (Lipinski definition) is 6. The highest BCUT2D eigenvalue weighted by Gasteiger charge is 2.50. The summed E-state index contributed by atoms with van der Waals surface area (Å²) in [7, 11) is 0. The number of likely N-dealkylation sites (tertiary alicyclic amines) is 1. The Hall–Kier alpha value is -2.47. The number of nitrogens with one attached hydrogen (secondary N) is 1. The van der Waals surface area contributed by atoms with E-state index in [-0.39, 0.29) is 31.2 Å². The number of ether oxygens (including phenoxy) is 1. The predicted molar refractivity (Wildman–Crippen MR) is 138 cm³/mol. The SMILES string of the molecule is CC(C)(C)OC(=O)N1CCC[C@@H](NC(=O)c2cc3c(cc2C(F)(F)F)SC2(CCCC2)C(=O)N3CCN)C1. The van der Waals surface area contributed by atoms with Gasteiger partial charge in [-0.25, -0.2) is 4.79 Å². The van der Waals surface area contributed by atoms with Crippen LogP contribution in [0.5, 0.6) is 0 Å². The molecule has 4 rings (SSSR count). The Morgan fingerprint density at radius 2 is 1.87 bits per heavy atom. The molecule has 1 atom stereocenters. The number of fused-ring (bicyclic) bond motifs is 1. The van der Waals surface area contributed by atoms with E-state index < -0.39 is 45.7 Å². The first-order valence-corrected chi connectivity index (χ1v) is 13.8. The van der Waals surface area contributed by atoms with Crippen LogP contribution < -0.4 is 16.0 Å². The topological polar surface area (TPSA) is 105 Å². The molecule has 12 heteroatoms. The lowest BCUT2D eigenvalue weighted by Crippen LogP contribution is -2.51. The van der Waals surface area contributed by atoms with Crippen molar-refractivity contribution in [3.05, 3.63) is 23.3 Å². The fourth-order valence-electron chi connectivity index (χ4n) is 5.36. The third-order valence-corrected chi connectivity index (χ3v) is 8.57. The van der Waals surface area contributed by atoms with Crippen molar-refractivity contribution in [1.29, 1.82) is 0 Å². The first kappa shape index (κ1) is 28.5. The summed E-state index contributed by atoms with van der Waals surface area (Å²) in [5.41, 5.74) is 3.75. The Kier molecular flexibility index (Phi) is 7.96. The van der Waals surface area contributed by atoms with Crippen LogP contribution >= 0.6 is 11.8 Å². The van der Waals surface area contributed by atoms with Gasteiger partial charge in [0, 0.05) is 37.1 Å². The van der Waals surface area contributed by atoms with Gasteiger partial charge in [0.2, 0.25) is 5.91 Å². The van der Waals surface area contributed by atoms with E-state index in [4.69, 9.17) is 10.5 Å². The average molecular weight is 557 g/mol. The van der Waals surface area contributed by atoms with E-state index in [0.29, 0.717) is 37.1 Å². The third kappa shape index (κ3) is 5.90. The van der Waals surface area contributed by atoms with Gasteiger partial charge in [-0.05, 0) is 58.6 Å². The number of nitrogens with two attached hydrogens (primary N) is 1. The molecule has 3 amide bonds. The van der Waals surface area contributed by atoms with Gasteiger partial charge in [-0.15, -0.1) is 11.8 Å². The molecule has 1 spiro atoms. The lowest BCUT2D eigenvalue weighted by Gasteiger charge is -2.40. The Bertz CT molecular complexity index is 1100. The average Bonchev–Trinajstić information content (AvgIpc) is 3.29. The van der Waals surface area contributed by atoms with Gasteiger partial charge in [-0.1, -0.05) is 12.8 Å². The monoisotopic (exact) mass is 556 g/mol. The number of benzene rings is 1. The van der Waals surface area contributed by atoms with Crippen molar-refractivity contribution in [2.24, 2.45) is 5.73 Å². The van der Waals surface area contributed by atoms with Gasteiger partial charge < -0.3 is 25.6 Å². The van der Waals surface area contributed by atoms with E-state index in [0.717, 1.165) is 18.9 Å². The molecular formula is C26H35F3N4O4S. The lowest BCUT2D eigenvalue weighted by atomic mass is 10.00. The molecule has 1 saturated carbocycles. The second-order valence-corrected chi connectivity index (χ2v) is 12.6. The number of piperidine rings is 1. The highest BCUT2D eigenvalue weighted by Crippen LogP contribution is 2.54. The van der Waals surface area contributed by atoms with Crippen molar-refractivity contribution in [2.45, 2.75) is 86.8 Å². The molecule has 0 bridgehead atoms. The van der Waals surface area contributed by atoms with E-state index in [2.05, 4.69) is 5.32 Å². The Morgan fingerprint density at radius 1 is 1.18 bits per heavy atom. The minimum Gasteiger partial charge on any atom is -0.444 e. The standard InChI is InChI=1S/C26H35F3N4O4S/c1-24(2,3)37-23(36)32-11-6-7-16(15-32)31-21(34)17-13-19-20(14-18(17)26(27,28)29)38-25(8-4-5-9-25)22(35)33(19)12-10-30/h13-14,16H,4-12,15,30H2,1-3H3,(H,31,34)/t16-/m1/s1. The number of anilines is 1. The van der Waals surface area contributed by atoms with Crippen molar-refractivity contribution >= 4 is 35.4 Å². The van der Waals surface area contributed by atoms with Gasteiger partial charge in [-0.3, -0.25) is 9.59 Å². The molecule has 1 saturated heterocycles. The zero-order valence-electron chi connectivity index (χ0n) is 22.0. The van der Waals surface area contributed by atoms with Crippen LogP contribution in [-0.4, -0.2) is 65.4 Å². The van der Waals surface area contributed by atoms with Crippen molar-refractivity contribution < 1.29 is 32.3 Å². The summed E-state index contributed by atoms with van der Waals surface area (Å²) in [4.78, 5) is 42.5. The Morgan fingerprint density at radius 3 is 2.47 bits per heavy atom. The van der Waals surface area contributed by atoms with Crippen LogP contribution in [0.4, 0.5) is 23.7 Å².